The van der Waals surface area contributed by atoms with Gasteiger partial charge in [-0.15, -0.1) is 0 Å². The van der Waals surface area contributed by atoms with E-state index >= 15 is 0 Å². The van der Waals surface area contributed by atoms with Crippen LogP contribution in [0, 0.1) is 17.8 Å². The number of carbonyl (C=O) groups is 1. The van der Waals surface area contributed by atoms with E-state index in [1.165, 1.54) is 19.3 Å². The van der Waals surface area contributed by atoms with E-state index in [0.717, 1.165) is 38.0 Å². The van der Waals surface area contributed by atoms with Gasteiger partial charge in [-0.25, -0.2) is 0 Å². The highest BCUT2D eigenvalue weighted by molar-refractivity contribution is 5.82. The molecule has 1 heterocycles. The first kappa shape index (κ1) is 12.5. The standard InChI is InChI=1S/C15H26N2O/c1-15(2,3)17-9-7-16(8-10-17)14(18)13-11-5-4-6-12(11)13/h11-13H,4-10H2,1-3H3. The minimum atomic E-state index is 0.241. The maximum absolute atomic E-state index is 12.4. The Kier molecular flexibility index (Phi) is 2.92. The van der Waals surface area contributed by atoms with Gasteiger partial charge in [0.1, 0.15) is 0 Å². The normalized spacial score (nSPS) is 36.6. The summed E-state index contributed by atoms with van der Waals surface area (Å²) in [5, 5.41) is 0. The molecule has 0 aromatic rings. The van der Waals surface area contributed by atoms with E-state index in [1.54, 1.807) is 0 Å². The molecule has 2 saturated carbocycles. The molecule has 18 heavy (non-hydrogen) atoms. The number of piperazine rings is 1. The lowest BCUT2D eigenvalue weighted by molar-refractivity contribution is -0.136. The molecular formula is C15H26N2O. The number of carbonyl (C=O) groups excluding carboxylic acids is 1. The molecule has 0 aromatic heterocycles. The fraction of sp³-hybridized carbons (Fsp3) is 0.933. The summed E-state index contributed by atoms with van der Waals surface area (Å²) in [6.07, 6.45) is 3.98. The molecule has 2 atom stereocenters. The van der Waals surface area contributed by atoms with Crippen LogP contribution in [0.2, 0.25) is 0 Å². The summed E-state index contributed by atoms with van der Waals surface area (Å²) in [5.41, 5.74) is 0.241. The van der Waals surface area contributed by atoms with Crippen LogP contribution in [0.25, 0.3) is 0 Å². The molecule has 0 bridgehead atoms. The van der Waals surface area contributed by atoms with Crippen molar-refractivity contribution in [1.82, 2.24) is 9.80 Å². The Hall–Kier alpha value is -0.570. The maximum Gasteiger partial charge on any atom is 0.226 e. The molecule has 2 unspecified atom stereocenters. The molecule has 0 radical (unpaired) electrons. The quantitative estimate of drug-likeness (QED) is 0.710. The van der Waals surface area contributed by atoms with Crippen molar-refractivity contribution in [2.24, 2.45) is 17.8 Å². The van der Waals surface area contributed by atoms with Crippen molar-refractivity contribution in [3.8, 4) is 0 Å². The number of rotatable bonds is 1. The van der Waals surface area contributed by atoms with Crippen LogP contribution in [0.4, 0.5) is 0 Å². The molecule has 0 N–H and O–H groups in total. The summed E-state index contributed by atoms with van der Waals surface area (Å²) < 4.78 is 0. The Morgan fingerprint density at radius 3 is 2.06 bits per heavy atom. The van der Waals surface area contributed by atoms with Crippen LogP contribution in [0.5, 0.6) is 0 Å². The molecule has 1 aliphatic heterocycles. The van der Waals surface area contributed by atoms with Crippen molar-refractivity contribution < 1.29 is 4.79 Å². The van der Waals surface area contributed by atoms with Gasteiger partial charge in [0.2, 0.25) is 5.91 Å². The smallest absolute Gasteiger partial charge is 0.226 e. The average molecular weight is 250 g/mol. The molecule has 0 spiro atoms. The Bertz CT molecular complexity index is 329. The van der Waals surface area contributed by atoms with Crippen molar-refractivity contribution in [1.29, 1.82) is 0 Å². The molecule has 1 amide bonds. The number of nitrogens with zero attached hydrogens (tertiary/aromatic N) is 2. The fourth-order valence-electron chi connectivity index (χ4n) is 4.00. The van der Waals surface area contributed by atoms with Crippen LogP contribution in [-0.2, 0) is 4.79 Å². The summed E-state index contributed by atoms with van der Waals surface area (Å²) in [4.78, 5) is 17.1. The number of hydrogen-bond donors (Lipinski definition) is 0. The van der Waals surface area contributed by atoms with Crippen molar-refractivity contribution in [3.05, 3.63) is 0 Å². The molecule has 3 nitrogen and oxygen atoms in total. The van der Waals surface area contributed by atoms with E-state index in [2.05, 4.69) is 30.6 Å². The topological polar surface area (TPSA) is 23.6 Å². The lowest BCUT2D eigenvalue weighted by atomic mass is 10.0. The highest BCUT2D eigenvalue weighted by atomic mass is 16.2. The van der Waals surface area contributed by atoms with Crippen LogP contribution in [0.1, 0.15) is 40.0 Å². The molecule has 0 aromatic carbocycles. The van der Waals surface area contributed by atoms with E-state index in [9.17, 15) is 4.79 Å². The van der Waals surface area contributed by atoms with Crippen molar-refractivity contribution in [2.45, 2.75) is 45.6 Å². The SMILES string of the molecule is CC(C)(C)N1CCN(C(=O)C2C3CCCC32)CC1. The van der Waals surface area contributed by atoms with Gasteiger partial charge in [0.15, 0.2) is 0 Å². The van der Waals surface area contributed by atoms with E-state index in [1.807, 2.05) is 0 Å². The van der Waals surface area contributed by atoms with Gasteiger partial charge in [-0.05, 0) is 45.4 Å². The van der Waals surface area contributed by atoms with Gasteiger partial charge in [-0.3, -0.25) is 9.69 Å². The summed E-state index contributed by atoms with van der Waals surface area (Å²) in [5.74, 6) is 2.41. The third-order valence-electron chi connectivity index (χ3n) is 5.23. The van der Waals surface area contributed by atoms with Gasteiger partial charge in [0.25, 0.3) is 0 Å². The van der Waals surface area contributed by atoms with E-state index in [-0.39, 0.29) is 5.54 Å². The first-order valence-electron chi connectivity index (χ1n) is 7.52. The molecule has 3 rings (SSSR count). The number of fused-ring (bicyclic) bond motifs is 1. The molecule has 3 fully saturated rings. The number of hydrogen-bond acceptors (Lipinski definition) is 2. The van der Waals surface area contributed by atoms with Crippen molar-refractivity contribution in [2.75, 3.05) is 26.2 Å². The molecule has 3 heteroatoms. The van der Waals surface area contributed by atoms with Crippen LogP contribution in [0.3, 0.4) is 0 Å². The Morgan fingerprint density at radius 2 is 1.56 bits per heavy atom. The summed E-state index contributed by atoms with van der Waals surface area (Å²) in [7, 11) is 0. The van der Waals surface area contributed by atoms with Crippen LogP contribution in [-0.4, -0.2) is 47.4 Å². The second-order valence-corrected chi connectivity index (χ2v) is 7.27. The zero-order valence-corrected chi connectivity index (χ0v) is 12.0. The predicted molar refractivity (Wildman–Crippen MR) is 72.2 cm³/mol. The Labute approximate surface area is 111 Å². The van der Waals surface area contributed by atoms with Gasteiger partial charge >= 0.3 is 0 Å². The minimum Gasteiger partial charge on any atom is -0.340 e. The maximum atomic E-state index is 12.4. The molecule has 3 aliphatic rings. The zero-order valence-electron chi connectivity index (χ0n) is 12.0. The van der Waals surface area contributed by atoms with E-state index < -0.39 is 0 Å². The minimum absolute atomic E-state index is 0.241. The Balaban J connectivity index is 1.53. The second kappa shape index (κ2) is 4.22. The Morgan fingerprint density at radius 1 is 1.00 bits per heavy atom. The van der Waals surface area contributed by atoms with Gasteiger partial charge in [-0.1, -0.05) is 6.42 Å². The van der Waals surface area contributed by atoms with Crippen molar-refractivity contribution in [3.63, 3.8) is 0 Å². The van der Waals surface area contributed by atoms with E-state index in [4.69, 9.17) is 0 Å². The van der Waals surface area contributed by atoms with Crippen LogP contribution < -0.4 is 0 Å². The summed E-state index contributed by atoms with van der Waals surface area (Å²) in [6.45, 7) is 10.7. The van der Waals surface area contributed by atoms with Crippen LogP contribution >= 0.6 is 0 Å². The molecule has 1 saturated heterocycles. The van der Waals surface area contributed by atoms with Crippen molar-refractivity contribution >= 4 is 5.91 Å². The lowest BCUT2D eigenvalue weighted by Gasteiger charge is -2.42. The fourth-order valence-corrected chi connectivity index (χ4v) is 4.00. The largest absolute Gasteiger partial charge is 0.340 e. The van der Waals surface area contributed by atoms with Gasteiger partial charge in [0, 0.05) is 37.6 Å². The first-order valence-corrected chi connectivity index (χ1v) is 7.52. The van der Waals surface area contributed by atoms with Gasteiger partial charge < -0.3 is 4.90 Å². The van der Waals surface area contributed by atoms with E-state index in [0.29, 0.717) is 11.8 Å². The first-order chi connectivity index (χ1) is 8.48. The highest BCUT2D eigenvalue weighted by Crippen LogP contribution is 2.58. The third kappa shape index (κ3) is 2.07. The zero-order chi connectivity index (χ0) is 12.9. The highest BCUT2D eigenvalue weighted by Gasteiger charge is 2.57. The lowest BCUT2D eigenvalue weighted by Crippen LogP contribution is -2.55. The summed E-state index contributed by atoms with van der Waals surface area (Å²) in [6, 6.07) is 0. The average Bonchev–Trinajstić information content (AvgIpc) is 2.80. The third-order valence-corrected chi connectivity index (χ3v) is 5.23. The van der Waals surface area contributed by atoms with Gasteiger partial charge in [-0.2, -0.15) is 0 Å². The molecular weight excluding hydrogens is 224 g/mol. The van der Waals surface area contributed by atoms with Gasteiger partial charge in [0.05, 0.1) is 0 Å². The molecule has 2 aliphatic carbocycles. The second-order valence-electron chi connectivity index (χ2n) is 7.27. The van der Waals surface area contributed by atoms with Crippen LogP contribution in [0.15, 0.2) is 0 Å². The monoisotopic (exact) mass is 250 g/mol. The molecule has 102 valence electrons. The predicted octanol–water partition coefficient (Wildman–Crippen LogP) is 1.98. The summed E-state index contributed by atoms with van der Waals surface area (Å²) >= 11 is 0. The number of amides is 1.